The Morgan fingerprint density at radius 1 is 1.19 bits per heavy atom. The molecule has 0 amide bonds. The number of carbonyl (C=O) groups is 1. The van der Waals surface area contributed by atoms with Gasteiger partial charge in [-0.25, -0.2) is 8.78 Å². The summed E-state index contributed by atoms with van der Waals surface area (Å²) in [5.74, 6) is -5.56. The Balaban J connectivity index is 2.24. The third kappa shape index (κ3) is 5.11. The zero-order valence-corrected chi connectivity index (χ0v) is 15.0. The predicted molar refractivity (Wildman–Crippen MR) is 88.5 cm³/mol. The number of alkyl halides is 3. The Hall–Kier alpha value is -1.86. The lowest BCUT2D eigenvalue weighted by molar-refractivity contribution is -0.276. The third-order valence-corrected chi connectivity index (χ3v) is 5.35. The Morgan fingerprint density at radius 3 is 2.19 bits per heavy atom. The summed E-state index contributed by atoms with van der Waals surface area (Å²) >= 11 is 0. The van der Waals surface area contributed by atoms with Gasteiger partial charge in [0.25, 0.3) is 0 Å². The minimum Gasteiger partial charge on any atom is -0.481 e. The van der Waals surface area contributed by atoms with Gasteiger partial charge < -0.3 is 9.84 Å². The zero-order valence-electron chi connectivity index (χ0n) is 15.0. The minimum atomic E-state index is -5.25. The van der Waals surface area contributed by atoms with E-state index in [0.717, 1.165) is 25.7 Å². The second-order valence-corrected chi connectivity index (χ2v) is 7.14. The lowest BCUT2D eigenvalue weighted by Gasteiger charge is -2.37. The fourth-order valence-corrected chi connectivity index (χ4v) is 3.82. The van der Waals surface area contributed by atoms with E-state index in [1.807, 2.05) is 0 Å². The molecule has 0 aromatic heterocycles. The van der Waals surface area contributed by atoms with Crippen LogP contribution < -0.4 is 4.74 Å². The van der Waals surface area contributed by atoms with Crippen molar-refractivity contribution in [1.82, 2.24) is 0 Å². The molecule has 0 spiro atoms. The van der Waals surface area contributed by atoms with E-state index in [1.165, 1.54) is 0 Å². The number of unbranched alkanes of at least 4 members (excludes halogenated alkanes) is 2. The molecular formula is C19H23F5O3. The van der Waals surface area contributed by atoms with Crippen molar-refractivity contribution < 1.29 is 36.6 Å². The van der Waals surface area contributed by atoms with Crippen LogP contribution in [-0.4, -0.2) is 17.4 Å². The maximum absolute atomic E-state index is 14.1. The summed E-state index contributed by atoms with van der Waals surface area (Å²) in [5, 5.41) is 9.72. The molecule has 0 heterocycles. The second kappa shape index (κ2) is 8.44. The van der Waals surface area contributed by atoms with Crippen molar-refractivity contribution in [1.29, 1.82) is 0 Å². The van der Waals surface area contributed by atoms with Crippen LogP contribution in [0.3, 0.4) is 0 Å². The van der Waals surface area contributed by atoms with Gasteiger partial charge in [-0.1, -0.05) is 32.6 Å². The largest absolute Gasteiger partial charge is 0.573 e. The van der Waals surface area contributed by atoms with Crippen LogP contribution >= 0.6 is 0 Å². The first-order valence-corrected chi connectivity index (χ1v) is 9.07. The number of carboxylic acid groups (broad SMARTS) is 1. The van der Waals surface area contributed by atoms with Crippen molar-refractivity contribution in [3.63, 3.8) is 0 Å². The van der Waals surface area contributed by atoms with Crippen LogP contribution in [0.15, 0.2) is 12.1 Å². The quantitative estimate of drug-likeness (QED) is 0.459. The first-order chi connectivity index (χ1) is 12.6. The molecule has 1 aliphatic carbocycles. The summed E-state index contributed by atoms with van der Waals surface area (Å²) < 4.78 is 68.3. The predicted octanol–water partition coefficient (Wildman–Crippen LogP) is 5.96. The van der Waals surface area contributed by atoms with Gasteiger partial charge in [0.15, 0.2) is 11.6 Å². The molecule has 1 N–H and O–H groups in total. The molecule has 0 radical (unpaired) electrons. The van der Waals surface area contributed by atoms with Crippen molar-refractivity contribution in [2.24, 2.45) is 5.92 Å². The fraction of sp³-hybridized carbons (Fsp3) is 0.632. The molecule has 1 aromatic carbocycles. The van der Waals surface area contributed by atoms with Crippen molar-refractivity contribution in [2.75, 3.05) is 0 Å². The van der Waals surface area contributed by atoms with Crippen LogP contribution in [0.2, 0.25) is 0 Å². The molecule has 1 saturated carbocycles. The Labute approximate surface area is 154 Å². The van der Waals surface area contributed by atoms with Crippen molar-refractivity contribution in [3.05, 3.63) is 29.3 Å². The van der Waals surface area contributed by atoms with Gasteiger partial charge in [-0.05, 0) is 49.3 Å². The summed E-state index contributed by atoms with van der Waals surface area (Å²) in [4.78, 5) is 11.9. The fourth-order valence-electron chi connectivity index (χ4n) is 3.82. The Kier molecular flexibility index (Phi) is 6.70. The lowest BCUT2D eigenvalue weighted by Crippen LogP contribution is -2.40. The van der Waals surface area contributed by atoms with Gasteiger partial charge in [0, 0.05) is 0 Å². The van der Waals surface area contributed by atoms with Gasteiger partial charge in [0.05, 0.1) is 5.41 Å². The zero-order chi connectivity index (χ0) is 20.2. The highest BCUT2D eigenvalue weighted by Gasteiger charge is 2.44. The maximum atomic E-state index is 14.1. The molecule has 3 nitrogen and oxygen atoms in total. The highest BCUT2D eigenvalue weighted by molar-refractivity contribution is 5.81. The van der Waals surface area contributed by atoms with E-state index in [9.17, 15) is 31.9 Å². The summed E-state index contributed by atoms with van der Waals surface area (Å²) in [6.07, 6.45) is 0.534. The molecule has 152 valence electrons. The highest BCUT2D eigenvalue weighted by atomic mass is 19.4. The molecule has 27 heavy (non-hydrogen) atoms. The number of rotatable bonds is 7. The van der Waals surface area contributed by atoms with E-state index in [1.54, 1.807) is 0 Å². The molecule has 1 aromatic rings. The van der Waals surface area contributed by atoms with Crippen LogP contribution in [0.5, 0.6) is 5.75 Å². The van der Waals surface area contributed by atoms with Gasteiger partial charge in [-0.15, -0.1) is 13.2 Å². The van der Waals surface area contributed by atoms with Crippen LogP contribution in [0.4, 0.5) is 22.0 Å². The van der Waals surface area contributed by atoms with E-state index < -0.39 is 35.1 Å². The molecule has 8 heteroatoms. The second-order valence-electron chi connectivity index (χ2n) is 7.14. The first kappa shape index (κ1) is 21.4. The number of ether oxygens (including phenoxy) is 1. The number of hydrogen-bond donors (Lipinski definition) is 1. The van der Waals surface area contributed by atoms with E-state index in [2.05, 4.69) is 11.7 Å². The van der Waals surface area contributed by atoms with Crippen molar-refractivity contribution in [2.45, 2.75) is 70.1 Å². The Bertz CT molecular complexity index is 641. The van der Waals surface area contributed by atoms with Crippen molar-refractivity contribution >= 4 is 5.97 Å². The van der Waals surface area contributed by atoms with E-state index in [0.29, 0.717) is 30.9 Å². The number of aliphatic carboxylic acids is 1. The number of benzene rings is 1. The van der Waals surface area contributed by atoms with E-state index >= 15 is 0 Å². The van der Waals surface area contributed by atoms with Gasteiger partial charge in [0.2, 0.25) is 5.75 Å². The van der Waals surface area contributed by atoms with Gasteiger partial charge in [-0.2, -0.15) is 0 Å². The average molecular weight is 394 g/mol. The summed E-state index contributed by atoms with van der Waals surface area (Å²) in [7, 11) is 0. The van der Waals surface area contributed by atoms with E-state index in [-0.39, 0.29) is 18.4 Å². The molecule has 0 aliphatic heterocycles. The lowest BCUT2D eigenvalue weighted by atomic mass is 9.66. The van der Waals surface area contributed by atoms with Crippen LogP contribution in [-0.2, 0) is 10.2 Å². The topological polar surface area (TPSA) is 46.5 Å². The molecule has 0 saturated heterocycles. The molecule has 2 rings (SSSR count). The molecule has 0 atom stereocenters. The summed E-state index contributed by atoms with van der Waals surface area (Å²) in [6.45, 7) is 2.09. The minimum absolute atomic E-state index is 0.161. The van der Waals surface area contributed by atoms with Crippen LogP contribution in [0, 0.1) is 17.6 Å². The number of hydrogen-bond acceptors (Lipinski definition) is 2. The van der Waals surface area contributed by atoms with Gasteiger partial charge in [-0.3, -0.25) is 4.79 Å². The smallest absolute Gasteiger partial charge is 0.481 e. The Morgan fingerprint density at radius 2 is 1.74 bits per heavy atom. The number of halogens is 5. The molecular weight excluding hydrogens is 371 g/mol. The van der Waals surface area contributed by atoms with Gasteiger partial charge in [0.1, 0.15) is 0 Å². The maximum Gasteiger partial charge on any atom is 0.573 e. The molecule has 0 unspecified atom stereocenters. The SMILES string of the molecule is CCCCCC1CCC(C(=O)O)(c2cc(F)c(OC(F)(F)F)c(F)c2)CC1. The van der Waals surface area contributed by atoms with Crippen LogP contribution in [0.1, 0.15) is 63.9 Å². The molecule has 1 fully saturated rings. The highest BCUT2D eigenvalue weighted by Crippen LogP contribution is 2.45. The molecule has 1 aliphatic rings. The molecule has 0 bridgehead atoms. The number of carboxylic acids is 1. The summed E-state index contributed by atoms with van der Waals surface area (Å²) in [6, 6.07) is 1.30. The van der Waals surface area contributed by atoms with Gasteiger partial charge >= 0.3 is 12.3 Å². The first-order valence-electron chi connectivity index (χ1n) is 9.07. The standard InChI is InChI=1S/C19H23F5O3/c1-2-3-4-5-12-6-8-18(9-7-12,17(25)26)13-10-14(20)16(15(21)11-13)27-19(22,23)24/h10-12H,2-9H2,1H3,(H,25,26). The summed E-state index contributed by atoms with van der Waals surface area (Å²) in [5.41, 5.74) is -1.66. The monoisotopic (exact) mass is 394 g/mol. The van der Waals surface area contributed by atoms with E-state index in [4.69, 9.17) is 0 Å². The van der Waals surface area contributed by atoms with Crippen LogP contribution in [0.25, 0.3) is 0 Å². The normalized spacial score (nSPS) is 23.3. The average Bonchev–Trinajstić information content (AvgIpc) is 2.58. The van der Waals surface area contributed by atoms with Crippen molar-refractivity contribution in [3.8, 4) is 5.75 Å². The third-order valence-electron chi connectivity index (χ3n) is 5.35.